The number of likely N-dealkylation sites (tertiary alicyclic amines) is 1. The summed E-state index contributed by atoms with van der Waals surface area (Å²) >= 11 is 0.998. The zero-order chi connectivity index (χ0) is 22.0. The first kappa shape index (κ1) is 20.8. The van der Waals surface area contributed by atoms with Gasteiger partial charge in [-0.15, -0.1) is 10.2 Å². The van der Waals surface area contributed by atoms with Crippen LogP contribution in [0.2, 0.25) is 0 Å². The topological polar surface area (TPSA) is 87.2 Å². The van der Waals surface area contributed by atoms with E-state index in [1.165, 1.54) is 29.2 Å². The Kier molecular flexibility index (Phi) is 5.85. The molecule has 1 saturated heterocycles. The van der Waals surface area contributed by atoms with Crippen molar-refractivity contribution in [2.45, 2.75) is 18.9 Å². The van der Waals surface area contributed by atoms with Gasteiger partial charge in [-0.25, -0.2) is 18.0 Å². The Morgan fingerprint density at radius 1 is 1.00 bits per heavy atom. The van der Waals surface area contributed by atoms with E-state index in [9.17, 15) is 22.8 Å². The third kappa shape index (κ3) is 4.50. The molecule has 7 nitrogen and oxygen atoms in total. The van der Waals surface area contributed by atoms with Crippen LogP contribution >= 0.6 is 11.3 Å². The molecule has 1 unspecified atom stereocenters. The second-order valence-electron chi connectivity index (χ2n) is 6.79. The van der Waals surface area contributed by atoms with Crippen LogP contribution in [0.3, 0.4) is 0 Å². The fourth-order valence-corrected chi connectivity index (χ4v) is 4.12. The highest BCUT2D eigenvalue weighted by atomic mass is 32.1. The standard InChI is InChI=1S/C20H16F3N5O2S/c21-12-8-7-11(10-14(12)23)24-17(29)19-27-26-18(31-19)16-6-3-9-28(16)20(30)25-15-5-2-1-4-13(15)22/h1-2,4-5,7-8,10,16H,3,6,9H2,(H,24,29)(H,25,30). The Hall–Kier alpha value is -3.47. The van der Waals surface area contributed by atoms with Crippen molar-refractivity contribution in [1.82, 2.24) is 15.1 Å². The maximum absolute atomic E-state index is 13.8. The summed E-state index contributed by atoms with van der Waals surface area (Å²) in [5, 5.41) is 13.3. The average molecular weight is 447 g/mol. The summed E-state index contributed by atoms with van der Waals surface area (Å²) in [5.74, 6) is -3.28. The van der Waals surface area contributed by atoms with Crippen molar-refractivity contribution in [2.24, 2.45) is 0 Å². The summed E-state index contributed by atoms with van der Waals surface area (Å²) in [6, 6.07) is 7.96. The van der Waals surface area contributed by atoms with E-state index in [0.29, 0.717) is 24.4 Å². The number of benzene rings is 2. The molecule has 0 saturated carbocycles. The zero-order valence-corrected chi connectivity index (χ0v) is 16.8. The highest BCUT2D eigenvalue weighted by molar-refractivity contribution is 7.13. The molecule has 3 aromatic rings. The number of urea groups is 1. The first-order valence-corrected chi connectivity index (χ1v) is 10.2. The van der Waals surface area contributed by atoms with Crippen LogP contribution in [0.4, 0.5) is 29.3 Å². The Balaban J connectivity index is 1.45. The van der Waals surface area contributed by atoms with Gasteiger partial charge in [0, 0.05) is 18.3 Å². The van der Waals surface area contributed by atoms with Gasteiger partial charge in [0.2, 0.25) is 5.01 Å². The number of hydrogen-bond acceptors (Lipinski definition) is 5. The number of nitrogens with one attached hydrogen (secondary N) is 2. The molecule has 0 spiro atoms. The molecule has 11 heteroatoms. The predicted molar refractivity (Wildman–Crippen MR) is 108 cm³/mol. The quantitative estimate of drug-likeness (QED) is 0.613. The molecule has 31 heavy (non-hydrogen) atoms. The summed E-state index contributed by atoms with van der Waals surface area (Å²) in [5.41, 5.74) is 0.148. The number of halogens is 3. The molecule has 0 bridgehead atoms. The highest BCUT2D eigenvalue weighted by Gasteiger charge is 2.33. The second kappa shape index (κ2) is 8.72. The Bertz CT molecular complexity index is 1140. The molecule has 1 fully saturated rings. The minimum atomic E-state index is -1.08. The molecule has 3 amide bonds. The Morgan fingerprint density at radius 2 is 1.81 bits per heavy atom. The van der Waals surface area contributed by atoms with Crippen LogP contribution < -0.4 is 10.6 Å². The number of carbonyl (C=O) groups excluding carboxylic acids is 2. The van der Waals surface area contributed by atoms with E-state index in [0.717, 1.165) is 23.5 Å². The lowest BCUT2D eigenvalue weighted by atomic mass is 10.2. The molecular weight excluding hydrogens is 431 g/mol. The monoisotopic (exact) mass is 447 g/mol. The third-order valence-electron chi connectivity index (χ3n) is 4.73. The number of para-hydroxylation sites is 1. The molecule has 1 aromatic heterocycles. The van der Waals surface area contributed by atoms with Gasteiger partial charge >= 0.3 is 6.03 Å². The van der Waals surface area contributed by atoms with Crippen LogP contribution in [0.1, 0.15) is 33.7 Å². The summed E-state index contributed by atoms with van der Waals surface area (Å²) in [6.07, 6.45) is 1.33. The lowest BCUT2D eigenvalue weighted by molar-refractivity contribution is 0.102. The summed E-state index contributed by atoms with van der Waals surface area (Å²) in [6.45, 7) is 0.445. The normalized spacial score (nSPS) is 15.7. The van der Waals surface area contributed by atoms with Crippen molar-refractivity contribution >= 4 is 34.6 Å². The number of carbonyl (C=O) groups is 2. The lowest BCUT2D eigenvalue weighted by Gasteiger charge is -2.23. The lowest BCUT2D eigenvalue weighted by Crippen LogP contribution is -2.34. The number of amides is 3. The largest absolute Gasteiger partial charge is 0.322 e. The van der Waals surface area contributed by atoms with Crippen LogP contribution in [0.15, 0.2) is 42.5 Å². The van der Waals surface area contributed by atoms with Crippen LogP contribution in [-0.2, 0) is 0 Å². The van der Waals surface area contributed by atoms with E-state index < -0.39 is 35.4 Å². The first-order chi connectivity index (χ1) is 14.9. The van der Waals surface area contributed by atoms with Gasteiger partial charge in [-0.05, 0) is 37.1 Å². The van der Waals surface area contributed by atoms with Gasteiger partial charge in [-0.3, -0.25) is 4.79 Å². The molecule has 2 N–H and O–H groups in total. The van der Waals surface area contributed by atoms with Crippen molar-refractivity contribution < 1.29 is 22.8 Å². The molecule has 1 atom stereocenters. The van der Waals surface area contributed by atoms with Gasteiger partial charge in [0.25, 0.3) is 5.91 Å². The molecule has 2 aromatic carbocycles. The minimum absolute atomic E-state index is 0.0149. The maximum atomic E-state index is 13.8. The van der Waals surface area contributed by atoms with Gasteiger partial charge in [0.05, 0.1) is 11.7 Å². The molecule has 2 heterocycles. The number of rotatable bonds is 4. The van der Waals surface area contributed by atoms with Gasteiger partial charge in [-0.1, -0.05) is 23.5 Å². The second-order valence-corrected chi connectivity index (χ2v) is 7.80. The third-order valence-corrected chi connectivity index (χ3v) is 5.75. The van der Waals surface area contributed by atoms with E-state index in [4.69, 9.17) is 0 Å². The Labute approximate surface area is 178 Å². The number of nitrogens with zero attached hydrogens (tertiary/aromatic N) is 3. The maximum Gasteiger partial charge on any atom is 0.322 e. The first-order valence-electron chi connectivity index (χ1n) is 9.34. The van der Waals surface area contributed by atoms with Crippen LogP contribution in [0, 0.1) is 17.5 Å². The van der Waals surface area contributed by atoms with E-state index in [-0.39, 0.29) is 16.4 Å². The predicted octanol–water partition coefficient (Wildman–Crippen LogP) is 4.58. The smallest absolute Gasteiger partial charge is 0.320 e. The van der Waals surface area contributed by atoms with E-state index in [1.54, 1.807) is 6.07 Å². The molecule has 4 rings (SSSR count). The molecule has 0 aliphatic carbocycles. The van der Waals surface area contributed by atoms with Crippen LogP contribution in [0.25, 0.3) is 0 Å². The van der Waals surface area contributed by atoms with E-state index >= 15 is 0 Å². The summed E-state index contributed by atoms with van der Waals surface area (Å²) in [7, 11) is 0. The molecule has 160 valence electrons. The van der Waals surface area contributed by atoms with Crippen molar-refractivity contribution in [2.75, 3.05) is 17.2 Å². The van der Waals surface area contributed by atoms with Crippen molar-refractivity contribution in [1.29, 1.82) is 0 Å². The number of aromatic nitrogens is 2. The fraction of sp³-hybridized carbons (Fsp3) is 0.200. The van der Waals surface area contributed by atoms with E-state index in [1.807, 2.05) is 0 Å². The molecule has 1 aliphatic rings. The minimum Gasteiger partial charge on any atom is -0.320 e. The van der Waals surface area contributed by atoms with Crippen molar-refractivity contribution in [3.8, 4) is 0 Å². The summed E-state index contributed by atoms with van der Waals surface area (Å²) < 4.78 is 40.2. The van der Waals surface area contributed by atoms with Gasteiger partial charge < -0.3 is 15.5 Å². The van der Waals surface area contributed by atoms with Gasteiger partial charge in [0.15, 0.2) is 11.6 Å². The van der Waals surface area contributed by atoms with Gasteiger partial charge in [-0.2, -0.15) is 0 Å². The molecule has 1 aliphatic heterocycles. The van der Waals surface area contributed by atoms with E-state index in [2.05, 4.69) is 20.8 Å². The van der Waals surface area contributed by atoms with Crippen LogP contribution in [-0.4, -0.2) is 33.6 Å². The fourth-order valence-electron chi connectivity index (χ4n) is 3.24. The zero-order valence-electron chi connectivity index (χ0n) is 15.9. The highest BCUT2D eigenvalue weighted by Crippen LogP contribution is 2.34. The molecular formula is C20H16F3N5O2S. The Morgan fingerprint density at radius 3 is 2.58 bits per heavy atom. The van der Waals surface area contributed by atoms with Crippen LogP contribution in [0.5, 0.6) is 0 Å². The summed E-state index contributed by atoms with van der Waals surface area (Å²) in [4.78, 5) is 26.5. The molecule has 0 radical (unpaired) electrons. The van der Waals surface area contributed by atoms with Crippen molar-refractivity contribution in [3.05, 3.63) is 69.9 Å². The van der Waals surface area contributed by atoms with Gasteiger partial charge in [0.1, 0.15) is 10.8 Å². The number of anilines is 2. The average Bonchev–Trinajstić information content (AvgIpc) is 3.42. The SMILES string of the molecule is O=C(Nc1ccc(F)c(F)c1)c1nnc(C2CCCN2C(=O)Nc2ccccc2F)s1. The number of hydrogen-bond donors (Lipinski definition) is 2. The van der Waals surface area contributed by atoms with Crippen molar-refractivity contribution in [3.63, 3.8) is 0 Å².